The lowest BCUT2D eigenvalue weighted by atomic mass is 9.92. The van der Waals surface area contributed by atoms with Crippen molar-refractivity contribution in [2.45, 2.75) is 77.2 Å². The quantitative estimate of drug-likeness (QED) is 0.762. The molecule has 3 aliphatic rings. The van der Waals surface area contributed by atoms with Crippen molar-refractivity contribution in [2.24, 2.45) is 0 Å². The van der Waals surface area contributed by atoms with Gasteiger partial charge in [-0.3, -0.25) is 9.80 Å². The summed E-state index contributed by atoms with van der Waals surface area (Å²) in [4.78, 5) is 7.98. The summed E-state index contributed by atoms with van der Waals surface area (Å²) in [5.74, 6) is -0.256. The fourth-order valence-corrected chi connectivity index (χ4v) is 4.69. The summed E-state index contributed by atoms with van der Waals surface area (Å²) in [6, 6.07) is 0. The second-order valence-electron chi connectivity index (χ2n) is 10.0. The zero-order valence-electron chi connectivity index (χ0n) is 17.9. The molecule has 3 heterocycles. The number of ether oxygens (including phenoxy) is 2. The van der Waals surface area contributed by atoms with E-state index >= 15 is 0 Å². The van der Waals surface area contributed by atoms with E-state index in [4.69, 9.17) is 9.47 Å². The molecule has 3 saturated heterocycles. The average Bonchev–Trinajstić information content (AvgIpc) is 2.88. The first kappa shape index (κ1) is 20.5. The van der Waals surface area contributed by atoms with Crippen LogP contribution < -0.4 is 0 Å². The lowest BCUT2D eigenvalue weighted by molar-refractivity contribution is -0.191. The Hall–Kier alpha value is -0.200. The molecule has 26 heavy (non-hydrogen) atoms. The molecule has 0 unspecified atom stereocenters. The van der Waals surface area contributed by atoms with Gasteiger partial charge in [-0.25, -0.2) is 0 Å². The molecule has 0 atom stereocenters. The SMILES string of the molecule is CC(C)(C)N1CCCN(CCC(C)(C)N2CCC3(CC2)OCCO3)CC1. The van der Waals surface area contributed by atoms with Gasteiger partial charge in [0.2, 0.25) is 0 Å². The third kappa shape index (κ3) is 4.99. The van der Waals surface area contributed by atoms with Gasteiger partial charge >= 0.3 is 0 Å². The van der Waals surface area contributed by atoms with Crippen LogP contribution in [0.1, 0.15) is 60.3 Å². The van der Waals surface area contributed by atoms with Crippen molar-refractivity contribution in [2.75, 3.05) is 59.0 Å². The Morgan fingerprint density at radius 2 is 1.42 bits per heavy atom. The molecule has 0 aromatic heterocycles. The molecule has 0 saturated carbocycles. The molecule has 0 aliphatic carbocycles. The molecule has 5 heteroatoms. The third-order valence-corrected chi connectivity index (χ3v) is 6.77. The van der Waals surface area contributed by atoms with Crippen LogP contribution in [0.4, 0.5) is 0 Å². The summed E-state index contributed by atoms with van der Waals surface area (Å²) in [5.41, 5.74) is 0.541. The Balaban J connectivity index is 1.45. The molecule has 152 valence electrons. The second kappa shape index (κ2) is 8.04. The fourth-order valence-electron chi connectivity index (χ4n) is 4.69. The van der Waals surface area contributed by atoms with Gasteiger partial charge in [0.15, 0.2) is 5.79 Å². The molecular weight excluding hydrogens is 326 g/mol. The van der Waals surface area contributed by atoms with E-state index in [9.17, 15) is 0 Å². The minimum atomic E-state index is -0.256. The minimum Gasteiger partial charge on any atom is -0.347 e. The van der Waals surface area contributed by atoms with Crippen LogP contribution >= 0.6 is 0 Å². The van der Waals surface area contributed by atoms with Crippen LogP contribution in [0, 0.1) is 0 Å². The Labute approximate surface area is 161 Å². The summed E-state index contributed by atoms with van der Waals surface area (Å²) >= 11 is 0. The van der Waals surface area contributed by atoms with Gasteiger partial charge in [-0.2, -0.15) is 0 Å². The van der Waals surface area contributed by atoms with Gasteiger partial charge < -0.3 is 14.4 Å². The van der Waals surface area contributed by atoms with Crippen molar-refractivity contribution >= 4 is 0 Å². The molecule has 0 aromatic rings. The lowest BCUT2D eigenvalue weighted by Crippen LogP contribution is -2.54. The van der Waals surface area contributed by atoms with Gasteiger partial charge in [-0.05, 0) is 67.1 Å². The Morgan fingerprint density at radius 1 is 0.769 bits per heavy atom. The van der Waals surface area contributed by atoms with E-state index in [2.05, 4.69) is 49.3 Å². The highest BCUT2D eigenvalue weighted by atomic mass is 16.7. The van der Waals surface area contributed by atoms with Crippen molar-refractivity contribution < 1.29 is 9.47 Å². The summed E-state index contributed by atoms with van der Waals surface area (Å²) in [6.45, 7) is 21.7. The predicted octanol–water partition coefficient (Wildman–Crippen LogP) is 2.80. The van der Waals surface area contributed by atoms with E-state index in [1.54, 1.807) is 0 Å². The first-order valence-electron chi connectivity index (χ1n) is 10.7. The molecule has 0 aromatic carbocycles. The van der Waals surface area contributed by atoms with E-state index < -0.39 is 0 Å². The largest absolute Gasteiger partial charge is 0.347 e. The van der Waals surface area contributed by atoms with Crippen molar-refractivity contribution in [3.05, 3.63) is 0 Å². The van der Waals surface area contributed by atoms with E-state index in [-0.39, 0.29) is 11.3 Å². The summed E-state index contributed by atoms with van der Waals surface area (Å²) in [5, 5.41) is 0. The summed E-state index contributed by atoms with van der Waals surface area (Å²) in [7, 11) is 0. The minimum absolute atomic E-state index is 0.246. The van der Waals surface area contributed by atoms with Gasteiger partial charge in [-0.1, -0.05) is 0 Å². The van der Waals surface area contributed by atoms with Crippen LogP contribution in [0.3, 0.4) is 0 Å². The van der Waals surface area contributed by atoms with Gasteiger partial charge in [0.1, 0.15) is 0 Å². The molecule has 0 radical (unpaired) electrons. The topological polar surface area (TPSA) is 28.2 Å². The van der Waals surface area contributed by atoms with Gasteiger partial charge in [-0.15, -0.1) is 0 Å². The number of piperidine rings is 1. The van der Waals surface area contributed by atoms with Crippen LogP contribution in [0.15, 0.2) is 0 Å². The zero-order chi connectivity index (χ0) is 18.8. The van der Waals surface area contributed by atoms with Crippen LogP contribution in [0.5, 0.6) is 0 Å². The van der Waals surface area contributed by atoms with E-state index in [0.29, 0.717) is 5.54 Å². The molecule has 3 rings (SSSR count). The van der Waals surface area contributed by atoms with E-state index in [1.165, 1.54) is 45.6 Å². The Kier molecular flexibility index (Phi) is 6.35. The molecular formula is C21H41N3O2. The van der Waals surface area contributed by atoms with Gasteiger partial charge in [0, 0.05) is 50.1 Å². The van der Waals surface area contributed by atoms with Crippen LogP contribution in [-0.2, 0) is 9.47 Å². The van der Waals surface area contributed by atoms with Crippen molar-refractivity contribution in [1.29, 1.82) is 0 Å². The van der Waals surface area contributed by atoms with Crippen LogP contribution in [0.25, 0.3) is 0 Å². The molecule has 0 bridgehead atoms. The van der Waals surface area contributed by atoms with Crippen LogP contribution in [-0.4, -0.2) is 90.6 Å². The van der Waals surface area contributed by atoms with Crippen molar-refractivity contribution in [1.82, 2.24) is 14.7 Å². The summed E-state index contributed by atoms with van der Waals surface area (Å²) < 4.78 is 11.8. The molecule has 5 nitrogen and oxygen atoms in total. The van der Waals surface area contributed by atoms with Gasteiger partial charge in [0.25, 0.3) is 0 Å². The second-order valence-corrected chi connectivity index (χ2v) is 10.0. The average molecular weight is 368 g/mol. The smallest absolute Gasteiger partial charge is 0.170 e. The monoisotopic (exact) mass is 367 g/mol. The van der Waals surface area contributed by atoms with Gasteiger partial charge in [0.05, 0.1) is 13.2 Å². The fraction of sp³-hybridized carbons (Fsp3) is 1.00. The number of rotatable bonds is 4. The molecule has 0 amide bonds. The molecule has 0 N–H and O–H groups in total. The lowest BCUT2D eigenvalue weighted by Gasteiger charge is -2.46. The summed E-state index contributed by atoms with van der Waals surface area (Å²) in [6.07, 6.45) is 4.55. The third-order valence-electron chi connectivity index (χ3n) is 6.77. The number of likely N-dealkylation sites (tertiary alicyclic amines) is 1. The normalized spacial score (nSPS) is 27.1. The van der Waals surface area contributed by atoms with Crippen molar-refractivity contribution in [3.63, 3.8) is 0 Å². The first-order valence-corrected chi connectivity index (χ1v) is 10.7. The molecule has 1 spiro atoms. The Morgan fingerprint density at radius 3 is 2.04 bits per heavy atom. The number of hydrogen-bond donors (Lipinski definition) is 0. The number of nitrogens with zero attached hydrogens (tertiary/aromatic N) is 3. The van der Waals surface area contributed by atoms with E-state index in [1.807, 2.05) is 0 Å². The standard InChI is InChI=1S/C21H41N3O2/c1-19(2,3)23-11-6-10-22(15-16-23)12-7-20(4,5)24-13-8-21(9-14-24)25-17-18-26-21/h6-18H2,1-5H3. The highest BCUT2D eigenvalue weighted by molar-refractivity contribution is 4.91. The number of hydrogen-bond acceptors (Lipinski definition) is 5. The maximum absolute atomic E-state index is 5.89. The predicted molar refractivity (Wildman–Crippen MR) is 107 cm³/mol. The maximum atomic E-state index is 5.89. The van der Waals surface area contributed by atoms with Crippen LogP contribution in [0.2, 0.25) is 0 Å². The Bertz CT molecular complexity index is 445. The molecule has 3 fully saturated rings. The molecule has 3 aliphatic heterocycles. The highest BCUT2D eigenvalue weighted by Gasteiger charge is 2.42. The maximum Gasteiger partial charge on any atom is 0.170 e. The zero-order valence-corrected chi connectivity index (χ0v) is 17.9. The first-order chi connectivity index (χ1) is 12.2. The van der Waals surface area contributed by atoms with Crippen molar-refractivity contribution in [3.8, 4) is 0 Å². The van der Waals surface area contributed by atoms with E-state index in [0.717, 1.165) is 39.1 Å². The highest BCUT2D eigenvalue weighted by Crippen LogP contribution is 2.34.